The number of pyridine rings is 2. The van der Waals surface area contributed by atoms with Crippen molar-refractivity contribution in [3.05, 3.63) is 59.4 Å². The van der Waals surface area contributed by atoms with Crippen molar-refractivity contribution in [2.24, 2.45) is 0 Å². The molecule has 0 fully saturated rings. The summed E-state index contributed by atoms with van der Waals surface area (Å²) >= 11 is 0. The molecule has 1 aliphatic carbocycles. The van der Waals surface area contributed by atoms with Gasteiger partial charge in [0.2, 0.25) is 0 Å². The molecule has 1 aromatic carbocycles. The minimum Gasteiger partial charge on any atom is -0.289 e. The summed E-state index contributed by atoms with van der Waals surface area (Å²) in [6, 6.07) is 11.5. The van der Waals surface area contributed by atoms with Gasteiger partial charge >= 0.3 is 0 Å². The van der Waals surface area contributed by atoms with Crippen molar-refractivity contribution in [2.45, 2.75) is 26.2 Å². The topological polar surface area (TPSA) is 42.9 Å². The van der Waals surface area contributed by atoms with Gasteiger partial charge in [-0.15, -0.1) is 0 Å². The van der Waals surface area contributed by atoms with Crippen molar-refractivity contribution in [3.8, 4) is 11.3 Å². The number of fused-ring (bicyclic) bond motifs is 2. The highest BCUT2D eigenvalue weighted by molar-refractivity contribution is 6.24. The standard InChI is InChI=1S/C19H16N2O/c1-19(2,3)15-10-13-16-14(21-15)8-9-20-17(16)11-6-4-5-7-12(11)18(13)22/h4-10H,1-3H3. The maximum atomic E-state index is 12.9. The lowest BCUT2D eigenvalue weighted by Crippen LogP contribution is -2.18. The largest absolute Gasteiger partial charge is 0.289 e. The number of hydrogen-bond acceptors (Lipinski definition) is 3. The van der Waals surface area contributed by atoms with E-state index in [1.165, 1.54) is 0 Å². The van der Waals surface area contributed by atoms with Crippen LogP contribution in [0.2, 0.25) is 0 Å². The van der Waals surface area contributed by atoms with E-state index >= 15 is 0 Å². The third-order valence-corrected chi connectivity index (χ3v) is 4.16. The molecule has 4 rings (SSSR count). The molecule has 0 saturated carbocycles. The molecular weight excluding hydrogens is 272 g/mol. The Morgan fingerprint density at radius 2 is 1.68 bits per heavy atom. The lowest BCUT2D eigenvalue weighted by atomic mass is 9.84. The highest BCUT2D eigenvalue weighted by Crippen LogP contribution is 2.38. The van der Waals surface area contributed by atoms with Gasteiger partial charge in [0.15, 0.2) is 5.78 Å². The van der Waals surface area contributed by atoms with E-state index in [1.807, 2.05) is 36.4 Å². The molecule has 0 spiro atoms. The zero-order chi connectivity index (χ0) is 15.5. The molecular formula is C19H16N2O. The van der Waals surface area contributed by atoms with Gasteiger partial charge in [-0.05, 0) is 12.1 Å². The Kier molecular flexibility index (Phi) is 2.52. The van der Waals surface area contributed by atoms with Crippen molar-refractivity contribution in [2.75, 3.05) is 0 Å². The lowest BCUT2D eigenvalue weighted by molar-refractivity contribution is 0.104. The zero-order valence-corrected chi connectivity index (χ0v) is 12.8. The predicted octanol–water partition coefficient (Wildman–Crippen LogP) is 4.14. The first kappa shape index (κ1) is 13.1. The van der Waals surface area contributed by atoms with Crippen molar-refractivity contribution >= 4 is 16.7 Å². The maximum absolute atomic E-state index is 12.9. The van der Waals surface area contributed by atoms with Crippen molar-refractivity contribution in [3.63, 3.8) is 0 Å². The summed E-state index contributed by atoms with van der Waals surface area (Å²) in [5.41, 5.74) is 4.87. The first-order valence-electron chi connectivity index (χ1n) is 7.41. The highest BCUT2D eigenvalue weighted by Gasteiger charge is 2.28. The molecule has 22 heavy (non-hydrogen) atoms. The second kappa shape index (κ2) is 4.23. The zero-order valence-electron chi connectivity index (χ0n) is 12.8. The average Bonchev–Trinajstić information content (AvgIpc) is 2.51. The van der Waals surface area contributed by atoms with Gasteiger partial charge in [-0.2, -0.15) is 0 Å². The van der Waals surface area contributed by atoms with Crippen LogP contribution in [-0.2, 0) is 5.41 Å². The van der Waals surface area contributed by atoms with Crippen LogP contribution in [0.1, 0.15) is 42.4 Å². The number of benzene rings is 1. The van der Waals surface area contributed by atoms with Crippen molar-refractivity contribution in [1.29, 1.82) is 0 Å². The van der Waals surface area contributed by atoms with Gasteiger partial charge in [0.05, 0.1) is 11.2 Å². The third kappa shape index (κ3) is 1.72. The summed E-state index contributed by atoms with van der Waals surface area (Å²) in [5, 5.41) is 0.874. The van der Waals surface area contributed by atoms with Gasteiger partial charge in [0.25, 0.3) is 0 Å². The molecule has 2 aromatic heterocycles. The average molecular weight is 288 g/mol. The van der Waals surface area contributed by atoms with E-state index in [0.29, 0.717) is 0 Å². The Labute approximate surface area is 129 Å². The van der Waals surface area contributed by atoms with Crippen molar-refractivity contribution in [1.82, 2.24) is 9.97 Å². The van der Waals surface area contributed by atoms with Crippen LogP contribution >= 0.6 is 0 Å². The molecule has 3 heteroatoms. The number of ketones is 1. The molecule has 3 nitrogen and oxygen atoms in total. The van der Waals surface area contributed by atoms with E-state index in [2.05, 4.69) is 25.8 Å². The van der Waals surface area contributed by atoms with Gasteiger partial charge < -0.3 is 0 Å². The normalized spacial score (nSPS) is 13.3. The first-order chi connectivity index (χ1) is 10.5. The summed E-state index contributed by atoms with van der Waals surface area (Å²) in [5.74, 6) is 0.0639. The van der Waals surface area contributed by atoms with Gasteiger partial charge in [-0.1, -0.05) is 45.0 Å². The molecule has 0 bridgehead atoms. The molecule has 0 aliphatic heterocycles. The maximum Gasteiger partial charge on any atom is 0.194 e. The molecule has 0 saturated heterocycles. The summed E-state index contributed by atoms with van der Waals surface area (Å²) in [6.45, 7) is 6.33. The number of nitrogens with zero attached hydrogens (tertiary/aromatic N) is 2. The minimum absolute atomic E-state index is 0.0639. The summed E-state index contributed by atoms with van der Waals surface area (Å²) in [7, 11) is 0. The quantitative estimate of drug-likeness (QED) is 0.488. The molecule has 0 unspecified atom stereocenters. The van der Waals surface area contributed by atoms with E-state index < -0.39 is 0 Å². The fraction of sp³-hybridized carbons (Fsp3) is 0.211. The lowest BCUT2D eigenvalue weighted by Gasteiger charge is -2.23. The molecule has 108 valence electrons. The Bertz CT molecular complexity index is 936. The molecule has 3 aromatic rings. The summed E-state index contributed by atoms with van der Waals surface area (Å²) in [4.78, 5) is 22.2. The number of hydrogen-bond donors (Lipinski definition) is 0. The Hall–Kier alpha value is -2.55. The first-order valence-corrected chi connectivity index (χ1v) is 7.41. The molecule has 0 atom stereocenters. The van der Waals surface area contributed by atoms with Crippen LogP contribution in [0.15, 0.2) is 42.6 Å². The van der Waals surface area contributed by atoms with Crippen LogP contribution in [0.25, 0.3) is 22.2 Å². The van der Waals surface area contributed by atoms with E-state index in [4.69, 9.17) is 4.98 Å². The van der Waals surface area contributed by atoms with Gasteiger partial charge in [-0.3, -0.25) is 14.8 Å². The fourth-order valence-corrected chi connectivity index (χ4v) is 2.98. The number of carbonyl (C=O) groups excluding carboxylic acids is 1. The Morgan fingerprint density at radius 1 is 0.955 bits per heavy atom. The fourth-order valence-electron chi connectivity index (χ4n) is 2.98. The molecule has 0 N–H and O–H groups in total. The van der Waals surface area contributed by atoms with E-state index in [9.17, 15) is 4.79 Å². The van der Waals surface area contributed by atoms with Crippen LogP contribution in [0.5, 0.6) is 0 Å². The van der Waals surface area contributed by atoms with E-state index in [0.717, 1.165) is 39.0 Å². The van der Waals surface area contributed by atoms with E-state index in [-0.39, 0.29) is 11.2 Å². The summed E-state index contributed by atoms with van der Waals surface area (Å²) in [6.07, 6.45) is 1.77. The molecule has 2 heterocycles. The summed E-state index contributed by atoms with van der Waals surface area (Å²) < 4.78 is 0. The monoisotopic (exact) mass is 288 g/mol. The third-order valence-electron chi connectivity index (χ3n) is 4.16. The van der Waals surface area contributed by atoms with Crippen LogP contribution in [0.3, 0.4) is 0 Å². The Morgan fingerprint density at radius 3 is 2.41 bits per heavy atom. The predicted molar refractivity (Wildman–Crippen MR) is 87.1 cm³/mol. The van der Waals surface area contributed by atoms with Gasteiger partial charge in [-0.25, -0.2) is 0 Å². The van der Waals surface area contributed by atoms with Crippen molar-refractivity contribution < 1.29 is 4.79 Å². The molecule has 1 aliphatic rings. The highest BCUT2D eigenvalue weighted by atomic mass is 16.1. The van der Waals surface area contributed by atoms with Gasteiger partial charge in [0, 0.05) is 39.4 Å². The minimum atomic E-state index is -0.106. The molecule has 0 radical (unpaired) electrons. The second-order valence-corrected chi connectivity index (χ2v) is 6.73. The van der Waals surface area contributed by atoms with Gasteiger partial charge in [0.1, 0.15) is 0 Å². The van der Waals surface area contributed by atoms with Crippen LogP contribution in [0, 0.1) is 0 Å². The smallest absolute Gasteiger partial charge is 0.194 e. The van der Waals surface area contributed by atoms with Crippen LogP contribution in [-0.4, -0.2) is 15.8 Å². The SMILES string of the molecule is CC(C)(C)c1cc2c3c(nccc3n1)-c1ccccc1C2=O. The second-order valence-electron chi connectivity index (χ2n) is 6.73. The van der Waals surface area contributed by atoms with E-state index in [1.54, 1.807) is 6.20 Å². The number of carbonyl (C=O) groups is 1. The van der Waals surface area contributed by atoms with Crippen LogP contribution in [0.4, 0.5) is 0 Å². The number of aromatic nitrogens is 2. The number of rotatable bonds is 0. The van der Waals surface area contributed by atoms with Crippen LogP contribution < -0.4 is 0 Å². The Balaban J connectivity index is 2.17. The molecule has 0 amide bonds.